The van der Waals surface area contributed by atoms with Crippen molar-refractivity contribution in [2.75, 3.05) is 20.2 Å². The van der Waals surface area contributed by atoms with Crippen molar-refractivity contribution in [1.29, 1.82) is 0 Å². The molecule has 0 radical (unpaired) electrons. The van der Waals surface area contributed by atoms with E-state index < -0.39 is 5.54 Å². The number of carbonyl (C=O) groups excluding carboxylic acids is 2. The lowest BCUT2D eigenvalue weighted by atomic mass is 9.81. The molecule has 3 heterocycles. The number of H-pyrrole nitrogens is 1. The van der Waals surface area contributed by atoms with Crippen LogP contribution < -0.4 is 10.1 Å². The summed E-state index contributed by atoms with van der Waals surface area (Å²) in [6.07, 6.45) is 4.97. The number of amides is 3. The van der Waals surface area contributed by atoms with Crippen LogP contribution in [0.2, 0.25) is 0 Å². The number of ether oxygens (including phenoxy) is 1. The van der Waals surface area contributed by atoms with Crippen molar-refractivity contribution in [3.8, 4) is 5.75 Å². The molecule has 35 heavy (non-hydrogen) atoms. The van der Waals surface area contributed by atoms with Crippen molar-refractivity contribution in [1.82, 2.24) is 20.1 Å². The van der Waals surface area contributed by atoms with Crippen LogP contribution in [0.25, 0.3) is 10.9 Å². The largest absolute Gasteiger partial charge is 0.497 e. The lowest BCUT2D eigenvalue weighted by Gasteiger charge is -2.42. The number of aromatic nitrogens is 1. The molecule has 3 aromatic rings. The van der Waals surface area contributed by atoms with Crippen LogP contribution in [0.4, 0.5) is 4.79 Å². The molecule has 1 aliphatic carbocycles. The minimum atomic E-state index is -0.940. The van der Waals surface area contributed by atoms with Crippen molar-refractivity contribution in [3.05, 3.63) is 65.4 Å². The fourth-order valence-electron chi connectivity index (χ4n) is 5.95. The normalized spacial score (nSPS) is 24.0. The summed E-state index contributed by atoms with van der Waals surface area (Å²) in [4.78, 5) is 34.6. The first-order valence-corrected chi connectivity index (χ1v) is 12.6. The van der Waals surface area contributed by atoms with Crippen molar-refractivity contribution >= 4 is 22.8 Å². The fraction of sp³-hybridized carbons (Fsp3) is 0.429. The second kappa shape index (κ2) is 8.41. The Bertz CT molecular complexity index is 1280. The van der Waals surface area contributed by atoms with Crippen molar-refractivity contribution in [3.63, 3.8) is 0 Å². The molecule has 2 atom stereocenters. The second-order valence-electron chi connectivity index (χ2n) is 10.2. The standard InChI is InChI=1S/C28H32N4O3/c1-28-17-22-21-16-20(35-2)12-13-23(21)30-24(22)25(18-8-4-3-5-9-18)32(28)27(34)31(26(28)33)15-7-14-29-19-10-6-11-19/h3-5,8-9,12-13,16,19,25,29-30H,6-7,10-11,14-15,17H2,1-2H3/t25-,28+/m1/s1. The van der Waals surface area contributed by atoms with Gasteiger partial charge in [-0.3, -0.25) is 14.6 Å². The van der Waals surface area contributed by atoms with E-state index >= 15 is 0 Å². The predicted molar refractivity (Wildman–Crippen MR) is 134 cm³/mol. The first-order chi connectivity index (χ1) is 17.0. The predicted octanol–water partition coefficient (Wildman–Crippen LogP) is 4.38. The molecular formula is C28H32N4O3. The molecule has 1 aromatic heterocycles. The van der Waals surface area contributed by atoms with Crippen LogP contribution in [0.5, 0.6) is 5.75 Å². The number of rotatable bonds is 7. The lowest BCUT2D eigenvalue weighted by Crippen LogP contribution is -2.53. The highest BCUT2D eigenvalue weighted by Crippen LogP contribution is 2.49. The van der Waals surface area contributed by atoms with Gasteiger partial charge in [0.25, 0.3) is 5.91 Å². The number of hydrogen-bond acceptors (Lipinski definition) is 4. The van der Waals surface area contributed by atoms with Gasteiger partial charge in [-0.25, -0.2) is 4.79 Å². The summed E-state index contributed by atoms with van der Waals surface area (Å²) in [7, 11) is 1.66. The minimum Gasteiger partial charge on any atom is -0.497 e. The van der Waals surface area contributed by atoms with Gasteiger partial charge in [0, 0.05) is 35.6 Å². The van der Waals surface area contributed by atoms with Gasteiger partial charge in [-0.15, -0.1) is 0 Å². The maximum atomic E-state index is 13.8. The summed E-state index contributed by atoms with van der Waals surface area (Å²) in [6.45, 7) is 3.19. The molecule has 3 amide bonds. The maximum absolute atomic E-state index is 13.8. The van der Waals surface area contributed by atoms with E-state index in [1.54, 1.807) is 7.11 Å². The van der Waals surface area contributed by atoms with Crippen LogP contribution >= 0.6 is 0 Å². The minimum absolute atomic E-state index is 0.102. The molecule has 1 saturated heterocycles. The Morgan fingerprint density at radius 3 is 2.66 bits per heavy atom. The summed E-state index contributed by atoms with van der Waals surface area (Å²) >= 11 is 0. The van der Waals surface area contributed by atoms with Crippen LogP contribution in [0.3, 0.4) is 0 Å². The zero-order chi connectivity index (χ0) is 24.2. The summed E-state index contributed by atoms with van der Waals surface area (Å²) in [5.41, 5.74) is 3.10. The molecule has 0 bridgehead atoms. The molecule has 0 spiro atoms. The molecule has 2 aromatic carbocycles. The Labute approximate surface area is 205 Å². The van der Waals surface area contributed by atoms with Crippen molar-refractivity contribution in [2.45, 2.75) is 56.7 Å². The molecule has 7 nitrogen and oxygen atoms in total. The first kappa shape index (κ1) is 22.2. The Morgan fingerprint density at radius 2 is 1.94 bits per heavy atom. The summed E-state index contributed by atoms with van der Waals surface area (Å²) in [5.74, 6) is 0.674. The highest BCUT2D eigenvalue weighted by molar-refractivity contribution is 6.08. The number of benzene rings is 2. The number of methoxy groups -OCH3 is 1. The third kappa shape index (κ3) is 3.44. The van der Waals surface area contributed by atoms with E-state index in [4.69, 9.17) is 4.74 Å². The Morgan fingerprint density at radius 1 is 1.14 bits per heavy atom. The number of carbonyl (C=O) groups is 2. The first-order valence-electron chi connectivity index (χ1n) is 12.6. The van der Waals surface area contributed by atoms with E-state index in [2.05, 4.69) is 10.3 Å². The number of nitrogens with zero attached hydrogens (tertiary/aromatic N) is 2. The van der Waals surface area contributed by atoms with Crippen LogP contribution in [0, 0.1) is 0 Å². The zero-order valence-corrected chi connectivity index (χ0v) is 20.3. The number of fused-ring (bicyclic) bond motifs is 4. The van der Waals surface area contributed by atoms with Crippen LogP contribution in [-0.2, 0) is 11.2 Å². The lowest BCUT2D eigenvalue weighted by molar-refractivity contribution is -0.133. The van der Waals surface area contributed by atoms with Crippen molar-refractivity contribution < 1.29 is 14.3 Å². The van der Waals surface area contributed by atoms with Crippen molar-refractivity contribution in [2.24, 2.45) is 0 Å². The van der Waals surface area contributed by atoms with Crippen LogP contribution in [-0.4, -0.2) is 58.5 Å². The fourth-order valence-corrected chi connectivity index (χ4v) is 5.95. The van der Waals surface area contributed by atoms with E-state index in [0.29, 0.717) is 19.0 Å². The summed E-state index contributed by atoms with van der Waals surface area (Å²) < 4.78 is 5.49. The molecule has 6 rings (SSSR count). The monoisotopic (exact) mass is 472 g/mol. The van der Waals surface area contributed by atoms with Gasteiger partial charge in [0.1, 0.15) is 17.3 Å². The molecule has 2 N–H and O–H groups in total. The Kier molecular flexibility index (Phi) is 5.33. The van der Waals surface area contributed by atoms with Crippen LogP contribution in [0.15, 0.2) is 48.5 Å². The smallest absolute Gasteiger partial charge is 0.328 e. The van der Waals surface area contributed by atoms with Gasteiger partial charge in [0.05, 0.1) is 7.11 Å². The average molecular weight is 473 g/mol. The molecule has 3 aliphatic rings. The third-order valence-electron chi connectivity index (χ3n) is 8.09. The van der Waals surface area contributed by atoms with Gasteiger partial charge in [-0.2, -0.15) is 0 Å². The SMILES string of the molecule is COc1ccc2[nH]c3c(c2c1)C[C@@]1(C)C(=O)N(CCCNC2CCC2)C(=O)N1[C@@H]3c1ccccc1. The van der Waals surface area contributed by atoms with Gasteiger partial charge in [0.2, 0.25) is 0 Å². The highest BCUT2D eigenvalue weighted by atomic mass is 16.5. The molecule has 0 unspecified atom stereocenters. The number of hydrogen-bond donors (Lipinski definition) is 2. The number of urea groups is 1. The quantitative estimate of drug-likeness (QED) is 0.395. The Hall–Kier alpha value is -3.32. The number of nitrogens with one attached hydrogen (secondary N) is 2. The maximum Gasteiger partial charge on any atom is 0.328 e. The summed E-state index contributed by atoms with van der Waals surface area (Å²) in [5, 5.41) is 4.59. The Balaban J connectivity index is 1.39. The third-order valence-corrected chi connectivity index (χ3v) is 8.09. The van der Waals surface area contributed by atoms with E-state index in [0.717, 1.165) is 46.4 Å². The van der Waals surface area contributed by atoms with Gasteiger partial charge >= 0.3 is 6.03 Å². The highest BCUT2D eigenvalue weighted by Gasteiger charge is 2.59. The second-order valence-corrected chi connectivity index (χ2v) is 10.2. The van der Waals surface area contributed by atoms with E-state index in [1.165, 1.54) is 24.2 Å². The molecule has 2 aliphatic heterocycles. The molecule has 7 heteroatoms. The van der Waals surface area contributed by atoms with Gasteiger partial charge in [0.15, 0.2) is 0 Å². The van der Waals surface area contributed by atoms with E-state index in [1.807, 2.05) is 60.4 Å². The topological polar surface area (TPSA) is 77.7 Å². The van der Waals surface area contributed by atoms with E-state index in [-0.39, 0.29) is 18.0 Å². The number of aromatic amines is 1. The van der Waals surface area contributed by atoms with Gasteiger partial charge in [-0.1, -0.05) is 36.8 Å². The number of imide groups is 1. The molecule has 1 saturated carbocycles. The zero-order valence-electron chi connectivity index (χ0n) is 20.3. The van der Waals surface area contributed by atoms with E-state index in [9.17, 15) is 9.59 Å². The molecular weight excluding hydrogens is 440 g/mol. The molecule has 182 valence electrons. The average Bonchev–Trinajstić information content (AvgIpc) is 3.29. The summed E-state index contributed by atoms with van der Waals surface area (Å²) in [6, 6.07) is 16.0. The van der Waals surface area contributed by atoms with Gasteiger partial charge in [-0.05, 0) is 62.1 Å². The van der Waals surface area contributed by atoms with Gasteiger partial charge < -0.3 is 15.0 Å². The van der Waals surface area contributed by atoms with Crippen LogP contribution in [0.1, 0.15) is 55.5 Å². The molecule has 2 fully saturated rings.